The molecule has 0 aromatic carbocycles. The molecule has 0 aliphatic carbocycles. The zero-order chi connectivity index (χ0) is 13.3. The first-order valence-corrected chi connectivity index (χ1v) is 6.23. The maximum absolute atomic E-state index is 11.2. The fourth-order valence-electron chi connectivity index (χ4n) is 1.67. The topological polar surface area (TPSA) is 69.6 Å². The van der Waals surface area contributed by atoms with Crippen LogP contribution in [0.15, 0.2) is 0 Å². The number of likely N-dealkylation sites (N-methyl/N-ethyl adjacent to an activating group) is 1. The first kappa shape index (κ1) is 15.7. The summed E-state index contributed by atoms with van der Waals surface area (Å²) in [6, 6.07) is -0.110. The molecule has 0 aromatic heterocycles. The van der Waals surface area contributed by atoms with Crippen LogP contribution in [-0.2, 0) is 4.79 Å². The highest BCUT2D eigenvalue weighted by atomic mass is 16.4. The molecule has 2 N–H and O–H groups in total. The molecule has 0 saturated heterocycles. The van der Waals surface area contributed by atoms with Gasteiger partial charge in [-0.05, 0) is 13.3 Å². The number of rotatable bonds is 8. The average molecular weight is 244 g/mol. The van der Waals surface area contributed by atoms with E-state index in [0.717, 1.165) is 25.7 Å². The second-order valence-corrected chi connectivity index (χ2v) is 4.28. The molecule has 0 fully saturated rings. The molecule has 0 heterocycles. The maximum atomic E-state index is 11.2. The average Bonchev–Trinajstić information content (AvgIpc) is 2.30. The van der Waals surface area contributed by atoms with Crippen LogP contribution in [0.3, 0.4) is 0 Å². The Balaban J connectivity index is 4.11. The Hall–Kier alpha value is -1.26. The first-order chi connectivity index (χ1) is 8.02. The van der Waals surface area contributed by atoms with Gasteiger partial charge in [0.2, 0.25) is 5.91 Å². The van der Waals surface area contributed by atoms with E-state index in [1.54, 1.807) is 0 Å². The van der Waals surface area contributed by atoms with Gasteiger partial charge in [0.15, 0.2) is 0 Å². The van der Waals surface area contributed by atoms with Crippen LogP contribution >= 0.6 is 0 Å². The van der Waals surface area contributed by atoms with Crippen molar-refractivity contribution >= 4 is 12.0 Å². The third-order valence-electron chi connectivity index (χ3n) is 2.85. The highest BCUT2D eigenvalue weighted by Gasteiger charge is 2.21. The Labute approximate surface area is 103 Å². The van der Waals surface area contributed by atoms with E-state index in [4.69, 9.17) is 5.11 Å². The van der Waals surface area contributed by atoms with Crippen LogP contribution in [0.2, 0.25) is 0 Å². The summed E-state index contributed by atoms with van der Waals surface area (Å²) in [7, 11) is 1.51. The summed E-state index contributed by atoms with van der Waals surface area (Å²) in [5, 5.41) is 11.5. The Morgan fingerprint density at radius 1 is 1.29 bits per heavy atom. The predicted molar refractivity (Wildman–Crippen MR) is 67.0 cm³/mol. The van der Waals surface area contributed by atoms with Gasteiger partial charge in [-0.1, -0.05) is 32.6 Å². The van der Waals surface area contributed by atoms with Crippen molar-refractivity contribution in [1.82, 2.24) is 10.2 Å². The Morgan fingerprint density at radius 3 is 2.41 bits per heavy atom. The number of carboxylic acid groups (broad SMARTS) is 1. The third-order valence-corrected chi connectivity index (χ3v) is 2.85. The van der Waals surface area contributed by atoms with Gasteiger partial charge in [-0.25, -0.2) is 4.79 Å². The first-order valence-electron chi connectivity index (χ1n) is 6.23. The van der Waals surface area contributed by atoms with Crippen molar-refractivity contribution in [1.29, 1.82) is 0 Å². The van der Waals surface area contributed by atoms with Crippen LogP contribution in [0.5, 0.6) is 0 Å². The van der Waals surface area contributed by atoms with E-state index >= 15 is 0 Å². The molecular formula is C12H24N2O3. The normalized spacial score (nSPS) is 11.9. The van der Waals surface area contributed by atoms with E-state index in [1.807, 2.05) is 6.92 Å². The second-order valence-electron chi connectivity index (χ2n) is 4.28. The molecule has 1 unspecified atom stereocenters. The summed E-state index contributed by atoms with van der Waals surface area (Å²) in [5.41, 5.74) is 0. The van der Waals surface area contributed by atoms with Crippen LogP contribution in [0, 0.1) is 0 Å². The summed E-state index contributed by atoms with van der Waals surface area (Å²) in [6.45, 7) is 3.91. The fourth-order valence-corrected chi connectivity index (χ4v) is 1.67. The molecule has 0 aromatic rings. The van der Waals surface area contributed by atoms with Crippen molar-refractivity contribution in [2.45, 2.75) is 52.0 Å². The van der Waals surface area contributed by atoms with Crippen LogP contribution in [0.4, 0.5) is 4.79 Å². The number of unbranched alkanes of at least 4 members (excludes halogenated alkanes) is 3. The van der Waals surface area contributed by atoms with E-state index in [1.165, 1.54) is 18.4 Å². The zero-order valence-electron chi connectivity index (χ0n) is 11.0. The Kier molecular flexibility index (Phi) is 8.19. The number of nitrogens with zero attached hydrogens (tertiary/aromatic N) is 1. The van der Waals surface area contributed by atoms with Crippen LogP contribution in [0.25, 0.3) is 0 Å². The van der Waals surface area contributed by atoms with Gasteiger partial charge in [-0.15, -0.1) is 0 Å². The van der Waals surface area contributed by atoms with Crippen LogP contribution < -0.4 is 5.32 Å². The molecule has 17 heavy (non-hydrogen) atoms. The smallest absolute Gasteiger partial charge is 0.408 e. The minimum Gasteiger partial charge on any atom is -0.465 e. The molecule has 0 radical (unpaired) electrons. The van der Waals surface area contributed by atoms with Gasteiger partial charge in [0.25, 0.3) is 0 Å². The van der Waals surface area contributed by atoms with Crippen molar-refractivity contribution in [3.63, 3.8) is 0 Å². The van der Waals surface area contributed by atoms with Gasteiger partial charge < -0.3 is 10.4 Å². The van der Waals surface area contributed by atoms with E-state index in [2.05, 4.69) is 12.2 Å². The van der Waals surface area contributed by atoms with Gasteiger partial charge in [0.05, 0.1) is 0 Å². The lowest BCUT2D eigenvalue weighted by molar-refractivity contribution is -0.121. The van der Waals surface area contributed by atoms with Gasteiger partial charge >= 0.3 is 6.09 Å². The van der Waals surface area contributed by atoms with Crippen molar-refractivity contribution in [2.75, 3.05) is 13.6 Å². The monoisotopic (exact) mass is 244 g/mol. The lowest BCUT2D eigenvalue weighted by atomic mass is 10.1. The molecule has 1 atom stereocenters. The second kappa shape index (κ2) is 8.84. The van der Waals surface area contributed by atoms with Crippen molar-refractivity contribution in [3.8, 4) is 0 Å². The number of hydrogen-bond donors (Lipinski definition) is 2. The van der Waals surface area contributed by atoms with E-state index in [9.17, 15) is 9.59 Å². The number of amides is 2. The van der Waals surface area contributed by atoms with E-state index < -0.39 is 6.09 Å². The summed E-state index contributed by atoms with van der Waals surface area (Å²) in [6.07, 6.45) is 4.24. The minimum atomic E-state index is -1.03. The van der Waals surface area contributed by atoms with Gasteiger partial charge in [-0.2, -0.15) is 0 Å². The lowest BCUT2D eigenvalue weighted by Crippen LogP contribution is -2.44. The highest BCUT2D eigenvalue weighted by Crippen LogP contribution is 2.10. The molecule has 100 valence electrons. The number of carbonyl (C=O) groups is 2. The van der Waals surface area contributed by atoms with Crippen molar-refractivity contribution in [3.05, 3.63) is 0 Å². The van der Waals surface area contributed by atoms with Gasteiger partial charge in [0.1, 0.15) is 6.54 Å². The summed E-state index contributed by atoms with van der Waals surface area (Å²) < 4.78 is 0. The quantitative estimate of drug-likeness (QED) is 0.642. The largest absolute Gasteiger partial charge is 0.465 e. The molecule has 2 amide bonds. The van der Waals surface area contributed by atoms with Crippen LogP contribution in [-0.4, -0.2) is 41.6 Å². The zero-order valence-corrected chi connectivity index (χ0v) is 11.0. The number of carbonyl (C=O) groups excluding carboxylic acids is 1. The molecule has 0 rings (SSSR count). The van der Waals surface area contributed by atoms with E-state index in [-0.39, 0.29) is 18.5 Å². The molecule has 0 saturated carbocycles. The van der Waals surface area contributed by atoms with E-state index in [0.29, 0.717) is 0 Å². The molecule has 0 spiro atoms. The SMILES string of the molecule is CCCCCCC(C)N(CC(=O)NC)C(=O)O. The molecule has 5 heteroatoms. The molecule has 5 nitrogen and oxygen atoms in total. The maximum Gasteiger partial charge on any atom is 0.408 e. The van der Waals surface area contributed by atoms with Crippen LogP contribution in [0.1, 0.15) is 46.0 Å². The highest BCUT2D eigenvalue weighted by molar-refractivity contribution is 5.81. The molecule has 0 aliphatic rings. The molecular weight excluding hydrogens is 220 g/mol. The molecule has 0 bridgehead atoms. The molecule has 0 aliphatic heterocycles. The van der Waals surface area contributed by atoms with Gasteiger partial charge in [-0.3, -0.25) is 9.69 Å². The van der Waals surface area contributed by atoms with Crippen molar-refractivity contribution in [2.24, 2.45) is 0 Å². The Bertz CT molecular complexity index is 244. The number of nitrogens with one attached hydrogen (secondary N) is 1. The predicted octanol–water partition coefficient (Wildman–Crippen LogP) is 2.07. The summed E-state index contributed by atoms with van der Waals surface area (Å²) in [4.78, 5) is 23.4. The summed E-state index contributed by atoms with van der Waals surface area (Å²) in [5.74, 6) is -0.271. The Morgan fingerprint density at radius 2 is 1.94 bits per heavy atom. The van der Waals surface area contributed by atoms with Gasteiger partial charge in [0, 0.05) is 13.1 Å². The number of hydrogen-bond acceptors (Lipinski definition) is 2. The lowest BCUT2D eigenvalue weighted by Gasteiger charge is -2.25. The minimum absolute atomic E-state index is 0.0826. The summed E-state index contributed by atoms with van der Waals surface area (Å²) >= 11 is 0. The standard InChI is InChI=1S/C12H24N2O3/c1-4-5-6-7-8-10(2)14(12(16)17)9-11(15)13-3/h10H,4-9H2,1-3H3,(H,13,15)(H,16,17). The third kappa shape index (κ3) is 6.81. The van der Waals surface area contributed by atoms with Crippen molar-refractivity contribution < 1.29 is 14.7 Å². The fraction of sp³-hybridized carbons (Fsp3) is 0.833.